The zero-order chi connectivity index (χ0) is 13.4. The summed E-state index contributed by atoms with van der Waals surface area (Å²) in [6, 6.07) is 0.499. The van der Waals surface area contributed by atoms with Crippen LogP contribution < -0.4 is 5.32 Å². The Morgan fingerprint density at radius 3 is 2.28 bits per heavy atom. The average Bonchev–Trinajstić information content (AvgIpc) is 2.59. The predicted molar refractivity (Wildman–Crippen MR) is 72.8 cm³/mol. The van der Waals surface area contributed by atoms with Crippen molar-refractivity contribution in [1.29, 1.82) is 0 Å². The molecule has 0 aromatic rings. The van der Waals surface area contributed by atoms with Crippen molar-refractivity contribution in [2.24, 2.45) is 5.92 Å². The summed E-state index contributed by atoms with van der Waals surface area (Å²) in [7, 11) is 2.03. The van der Waals surface area contributed by atoms with Gasteiger partial charge in [0.1, 0.15) is 0 Å². The van der Waals surface area contributed by atoms with Gasteiger partial charge >= 0.3 is 0 Å². The lowest BCUT2D eigenvalue weighted by Crippen LogP contribution is -2.58. The van der Waals surface area contributed by atoms with Crippen LogP contribution in [0.5, 0.6) is 0 Å². The molecule has 0 radical (unpaired) electrons. The summed E-state index contributed by atoms with van der Waals surface area (Å²) in [6.45, 7) is 13.6. The number of hydrogen-bond donors (Lipinski definition) is 1. The Hall–Kier alpha value is -0.160. The summed E-state index contributed by atoms with van der Waals surface area (Å²) in [4.78, 5) is 2.53. The lowest BCUT2D eigenvalue weighted by atomic mass is 9.96. The third-order valence-electron chi connectivity index (χ3n) is 3.82. The van der Waals surface area contributed by atoms with Gasteiger partial charge in [0.15, 0.2) is 0 Å². The molecule has 2 unspecified atom stereocenters. The fraction of sp³-hybridized carbons (Fsp3) is 1.00. The Bertz CT molecular complexity index is 276. The second-order valence-corrected chi connectivity index (χ2v) is 6.98. The summed E-state index contributed by atoms with van der Waals surface area (Å²) in [5, 5.41) is 3.36. The normalized spacial score (nSPS) is 35.8. The molecule has 18 heavy (non-hydrogen) atoms. The van der Waals surface area contributed by atoms with E-state index in [1.165, 1.54) is 0 Å². The van der Waals surface area contributed by atoms with E-state index in [4.69, 9.17) is 9.47 Å². The molecular weight excluding hydrogens is 228 g/mol. The molecule has 106 valence electrons. The first kappa shape index (κ1) is 14.3. The van der Waals surface area contributed by atoms with Crippen LogP contribution in [0.2, 0.25) is 0 Å². The van der Waals surface area contributed by atoms with Crippen LogP contribution in [-0.4, -0.2) is 62.0 Å². The van der Waals surface area contributed by atoms with Crippen molar-refractivity contribution < 1.29 is 9.47 Å². The first-order valence-electron chi connectivity index (χ1n) is 6.99. The van der Waals surface area contributed by atoms with E-state index >= 15 is 0 Å². The Balaban J connectivity index is 1.96. The maximum Gasteiger partial charge on any atom is 0.0760 e. The quantitative estimate of drug-likeness (QED) is 0.820. The van der Waals surface area contributed by atoms with Gasteiger partial charge in [-0.25, -0.2) is 0 Å². The number of ether oxygens (including phenoxy) is 2. The minimum absolute atomic E-state index is 0.0592. The van der Waals surface area contributed by atoms with E-state index in [9.17, 15) is 0 Å². The van der Waals surface area contributed by atoms with Crippen molar-refractivity contribution in [2.75, 3.05) is 39.9 Å². The van der Waals surface area contributed by atoms with Crippen LogP contribution in [0.3, 0.4) is 0 Å². The van der Waals surface area contributed by atoms with Gasteiger partial charge in [0.25, 0.3) is 0 Å². The molecule has 2 atom stereocenters. The summed E-state index contributed by atoms with van der Waals surface area (Å²) >= 11 is 0. The van der Waals surface area contributed by atoms with Gasteiger partial charge < -0.3 is 14.8 Å². The van der Waals surface area contributed by atoms with Crippen molar-refractivity contribution >= 4 is 0 Å². The molecule has 2 aliphatic heterocycles. The zero-order valence-corrected chi connectivity index (χ0v) is 12.5. The third-order valence-corrected chi connectivity index (χ3v) is 3.82. The molecule has 4 nitrogen and oxygen atoms in total. The Kier molecular flexibility index (Phi) is 4.02. The summed E-state index contributed by atoms with van der Waals surface area (Å²) in [6.07, 6.45) is 0. The van der Waals surface area contributed by atoms with Gasteiger partial charge in [0.05, 0.1) is 24.4 Å². The molecule has 2 saturated heterocycles. The van der Waals surface area contributed by atoms with Crippen LogP contribution >= 0.6 is 0 Å². The van der Waals surface area contributed by atoms with Gasteiger partial charge in [-0.3, -0.25) is 4.90 Å². The van der Waals surface area contributed by atoms with Crippen molar-refractivity contribution in [3.63, 3.8) is 0 Å². The maximum absolute atomic E-state index is 6.12. The van der Waals surface area contributed by atoms with Crippen molar-refractivity contribution in [1.82, 2.24) is 10.2 Å². The van der Waals surface area contributed by atoms with E-state index in [0.717, 1.165) is 32.8 Å². The summed E-state index contributed by atoms with van der Waals surface area (Å²) in [5.41, 5.74) is -0.118. The topological polar surface area (TPSA) is 33.7 Å². The Morgan fingerprint density at radius 1 is 1.11 bits per heavy atom. The molecule has 0 aromatic heterocycles. The van der Waals surface area contributed by atoms with Crippen LogP contribution in [0.4, 0.5) is 0 Å². The minimum atomic E-state index is -0.0592. The molecule has 0 saturated carbocycles. The van der Waals surface area contributed by atoms with Crippen LogP contribution in [0.15, 0.2) is 0 Å². The van der Waals surface area contributed by atoms with Gasteiger partial charge in [0, 0.05) is 31.6 Å². The molecule has 2 aliphatic rings. The first-order valence-corrected chi connectivity index (χ1v) is 6.99. The molecule has 1 N–H and O–H groups in total. The third kappa shape index (κ3) is 3.44. The fourth-order valence-electron chi connectivity index (χ4n) is 3.50. The van der Waals surface area contributed by atoms with Gasteiger partial charge in [0.2, 0.25) is 0 Å². The molecule has 0 bridgehead atoms. The van der Waals surface area contributed by atoms with Crippen LogP contribution in [0.1, 0.15) is 27.7 Å². The monoisotopic (exact) mass is 256 g/mol. The number of nitrogens with zero attached hydrogens (tertiary/aromatic N) is 1. The van der Waals surface area contributed by atoms with Gasteiger partial charge in [-0.05, 0) is 34.7 Å². The molecule has 2 rings (SSSR count). The fourth-order valence-corrected chi connectivity index (χ4v) is 3.50. The lowest BCUT2D eigenvalue weighted by molar-refractivity contribution is -0.182. The molecule has 0 aromatic carbocycles. The maximum atomic E-state index is 6.12. The molecule has 4 heteroatoms. The van der Waals surface area contributed by atoms with Crippen molar-refractivity contribution in [2.45, 2.75) is 44.9 Å². The standard InChI is InChI=1S/C14H28N2O2/c1-13(2)9-16(10-14(3,4)18-13)6-11-7-17-8-12(11)15-5/h11-12,15H,6-10H2,1-5H3. The van der Waals surface area contributed by atoms with Gasteiger partial charge in [-0.15, -0.1) is 0 Å². The van der Waals surface area contributed by atoms with Crippen molar-refractivity contribution in [3.05, 3.63) is 0 Å². The number of morpholine rings is 1. The van der Waals surface area contributed by atoms with Crippen molar-refractivity contribution in [3.8, 4) is 0 Å². The molecular formula is C14H28N2O2. The number of likely N-dealkylation sites (N-methyl/N-ethyl adjacent to an activating group) is 1. The SMILES string of the molecule is CNC1COCC1CN1CC(C)(C)OC(C)(C)C1. The Labute approximate surface area is 111 Å². The highest BCUT2D eigenvalue weighted by atomic mass is 16.5. The van der Waals surface area contributed by atoms with Gasteiger partial charge in [-0.1, -0.05) is 0 Å². The number of hydrogen-bond acceptors (Lipinski definition) is 4. The molecule has 2 heterocycles. The molecule has 0 amide bonds. The van der Waals surface area contributed by atoms with E-state index < -0.39 is 0 Å². The van der Waals surface area contributed by atoms with E-state index in [0.29, 0.717) is 12.0 Å². The smallest absolute Gasteiger partial charge is 0.0760 e. The lowest BCUT2D eigenvalue weighted by Gasteiger charge is -2.48. The van der Waals surface area contributed by atoms with Crippen LogP contribution in [-0.2, 0) is 9.47 Å². The van der Waals surface area contributed by atoms with E-state index in [1.54, 1.807) is 0 Å². The predicted octanol–water partition coefficient (Wildman–Crippen LogP) is 1.11. The highest BCUT2D eigenvalue weighted by molar-refractivity contribution is 4.92. The molecule has 2 fully saturated rings. The summed E-state index contributed by atoms with van der Waals surface area (Å²) < 4.78 is 11.7. The number of nitrogens with one attached hydrogen (secondary N) is 1. The van der Waals surface area contributed by atoms with Crippen LogP contribution in [0, 0.1) is 5.92 Å². The highest BCUT2D eigenvalue weighted by Crippen LogP contribution is 2.29. The Morgan fingerprint density at radius 2 is 1.72 bits per heavy atom. The van der Waals surface area contributed by atoms with Gasteiger partial charge in [-0.2, -0.15) is 0 Å². The van der Waals surface area contributed by atoms with E-state index in [2.05, 4.69) is 37.9 Å². The second kappa shape index (κ2) is 5.08. The first-order chi connectivity index (χ1) is 8.31. The van der Waals surface area contributed by atoms with E-state index in [1.807, 2.05) is 7.05 Å². The largest absolute Gasteiger partial charge is 0.379 e. The average molecular weight is 256 g/mol. The minimum Gasteiger partial charge on any atom is -0.379 e. The van der Waals surface area contributed by atoms with Crippen LogP contribution in [0.25, 0.3) is 0 Å². The second-order valence-electron chi connectivity index (χ2n) is 6.98. The number of rotatable bonds is 3. The summed E-state index contributed by atoms with van der Waals surface area (Å²) in [5.74, 6) is 0.597. The molecule has 0 spiro atoms. The highest BCUT2D eigenvalue weighted by Gasteiger charge is 2.40. The zero-order valence-electron chi connectivity index (χ0n) is 12.5. The van der Waals surface area contributed by atoms with E-state index in [-0.39, 0.29) is 11.2 Å². The molecule has 0 aliphatic carbocycles.